The SMILES string of the molecule is O=C1CC(Br)CN1CC(CO)Cc1ccco1. The van der Waals surface area contributed by atoms with Gasteiger partial charge in [-0.1, -0.05) is 15.9 Å². The molecule has 0 bridgehead atoms. The zero-order valence-electron chi connectivity index (χ0n) is 9.51. The fourth-order valence-corrected chi connectivity index (χ4v) is 2.74. The first-order valence-corrected chi connectivity index (χ1v) is 6.65. The lowest BCUT2D eigenvalue weighted by molar-refractivity contribution is -0.128. The average Bonchev–Trinajstić information content (AvgIpc) is 2.88. The molecule has 17 heavy (non-hydrogen) atoms. The van der Waals surface area contributed by atoms with Gasteiger partial charge in [0.1, 0.15) is 5.76 Å². The molecule has 1 fully saturated rings. The summed E-state index contributed by atoms with van der Waals surface area (Å²) in [5, 5.41) is 9.35. The van der Waals surface area contributed by atoms with Gasteiger partial charge in [0.15, 0.2) is 0 Å². The number of aliphatic hydroxyl groups excluding tert-OH is 1. The Kier molecular flexibility index (Phi) is 4.23. The predicted molar refractivity (Wildman–Crippen MR) is 66.9 cm³/mol. The zero-order chi connectivity index (χ0) is 12.3. The molecule has 0 aliphatic carbocycles. The van der Waals surface area contributed by atoms with Gasteiger partial charge in [-0.2, -0.15) is 0 Å². The lowest BCUT2D eigenvalue weighted by atomic mass is 10.0. The third-order valence-corrected chi connectivity index (χ3v) is 3.59. The number of aliphatic hydroxyl groups is 1. The summed E-state index contributed by atoms with van der Waals surface area (Å²) in [5.41, 5.74) is 0. The van der Waals surface area contributed by atoms with Gasteiger partial charge in [0.05, 0.1) is 6.26 Å². The number of halogens is 1. The van der Waals surface area contributed by atoms with E-state index in [0.29, 0.717) is 19.4 Å². The molecule has 2 atom stereocenters. The first kappa shape index (κ1) is 12.6. The first-order valence-electron chi connectivity index (χ1n) is 5.74. The maximum absolute atomic E-state index is 11.6. The molecule has 1 amide bonds. The Balaban J connectivity index is 1.89. The van der Waals surface area contributed by atoms with Crippen LogP contribution in [-0.2, 0) is 11.2 Å². The molecule has 2 rings (SSSR count). The van der Waals surface area contributed by atoms with Crippen molar-refractivity contribution in [3.8, 4) is 0 Å². The number of nitrogens with zero attached hydrogens (tertiary/aromatic N) is 1. The van der Waals surface area contributed by atoms with E-state index in [9.17, 15) is 9.90 Å². The van der Waals surface area contributed by atoms with Crippen LogP contribution in [-0.4, -0.2) is 40.4 Å². The van der Waals surface area contributed by atoms with Crippen LogP contribution in [0.3, 0.4) is 0 Å². The summed E-state index contributed by atoms with van der Waals surface area (Å²) in [6, 6.07) is 3.72. The monoisotopic (exact) mass is 301 g/mol. The fourth-order valence-electron chi connectivity index (χ4n) is 2.11. The van der Waals surface area contributed by atoms with Gasteiger partial charge in [0, 0.05) is 43.3 Å². The number of carbonyl (C=O) groups is 1. The number of rotatable bonds is 5. The predicted octanol–water partition coefficient (Wildman–Crippen LogP) is 1.43. The molecule has 1 N–H and O–H groups in total. The van der Waals surface area contributed by atoms with Crippen molar-refractivity contribution in [2.24, 2.45) is 5.92 Å². The minimum atomic E-state index is 0.0444. The quantitative estimate of drug-likeness (QED) is 0.837. The molecule has 2 heterocycles. The summed E-state index contributed by atoms with van der Waals surface area (Å²) in [5.74, 6) is 1.05. The Morgan fingerprint density at radius 1 is 1.65 bits per heavy atom. The molecule has 94 valence electrons. The van der Waals surface area contributed by atoms with Crippen molar-refractivity contribution in [2.75, 3.05) is 19.7 Å². The summed E-state index contributed by atoms with van der Waals surface area (Å²) in [7, 11) is 0. The molecule has 1 aromatic heterocycles. The minimum absolute atomic E-state index is 0.0444. The summed E-state index contributed by atoms with van der Waals surface area (Å²) in [6.07, 6.45) is 2.85. The Hall–Kier alpha value is -0.810. The number of likely N-dealkylation sites (tertiary alicyclic amines) is 1. The maximum Gasteiger partial charge on any atom is 0.223 e. The normalized spacial score (nSPS) is 22.1. The van der Waals surface area contributed by atoms with Crippen LogP contribution in [0.15, 0.2) is 22.8 Å². The van der Waals surface area contributed by atoms with Gasteiger partial charge in [-0.25, -0.2) is 0 Å². The van der Waals surface area contributed by atoms with E-state index in [-0.39, 0.29) is 23.3 Å². The molecule has 1 aromatic rings. The van der Waals surface area contributed by atoms with Crippen molar-refractivity contribution < 1.29 is 14.3 Å². The number of hydrogen-bond donors (Lipinski definition) is 1. The van der Waals surface area contributed by atoms with E-state index in [0.717, 1.165) is 12.3 Å². The summed E-state index contributed by atoms with van der Waals surface area (Å²) >= 11 is 3.45. The Morgan fingerprint density at radius 3 is 3.00 bits per heavy atom. The van der Waals surface area contributed by atoms with E-state index in [1.54, 1.807) is 6.26 Å². The molecule has 0 radical (unpaired) electrons. The van der Waals surface area contributed by atoms with Crippen molar-refractivity contribution in [2.45, 2.75) is 17.7 Å². The second-order valence-electron chi connectivity index (χ2n) is 4.43. The van der Waals surface area contributed by atoms with Gasteiger partial charge in [-0.3, -0.25) is 4.79 Å². The second-order valence-corrected chi connectivity index (χ2v) is 5.73. The van der Waals surface area contributed by atoms with E-state index < -0.39 is 0 Å². The highest BCUT2D eigenvalue weighted by Crippen LogP contribution is 2.20. The van der Waals surface area contributed by atoms with Gasteiger partial charge in [-0.05, 0) is 12.1 Å². The molecule has 4 nitrogen and oxygen atoms in total. The molecular formula is C12H16BrNO3. The van der Waals surface area contributed by atoms with Crippen molar-refractivity contribution in [3.05, 3.63) is 24.2 Å². The van der Waals surface area contributed by atoms with Crippen molar-refractivity contribution in [1.29, 1.82) is 0 Å². The second kappa shape index (κ2) is 5.69. The van der Waals surface area contributed by atoms with Crippen LogP contribution in [0.25, 0.3) is 0 Å². The Labute approximate surface area is 109 Å². The highest BCUT2D eigenvalue weighted by molar-refractivity contribution is 9.09. The molecule has 5 heteroatoms. The van der Waals surface area contributed by atoms with Crippen LogP contribution in [0.1, 0.15) is 12.2 Å². The van der Waals surface area contributed by atoms with E-state index in [4.69, 9.17) is 4.42 Å². The highest BCUT2D eigenvalue weighted by Gasteiger charge is 2.29. The lowest BCUT2D eigenvalue weighted by Gasteiger charge is -2.21. The Bertz CT molecular complexity index is 366. The third-order valence-electron chi connectivity index (χ3n) is 2.97. The summed E-state index contributed by atoms with van der Waals surface area (Å²) in [4.78, 5) is 13.7. The maximum atomic E-state index is 11.6. The summed E-state index contributed by atoms with van der Waals surface area (Å²) < 4.78 is 5.25. The summed E-state index contributed by atoms with van der Waals surface area (Å²) in [6.45, 7) is 1.39. The van der Waals surface area contributed by atoms with Gasteiger partial charge in [0.2, 0.25) is 5.91 Å². The molecule has 0 saturated carbocycles. The van der Waals surface area contributed by atoms with Crippen LogP contribution < -0.4 is 0 Å². The molecule has 1 aliphatic rings. The van der Waals surface area contributed by atoms with Crippen LogP contribution in [0, 0.1) is 5.92 Å². The van der Waals surface area contributed by atoms with Crippen molar-refractivity contribution in [3.63, 3.8) is 0 Å². The van der Waals surface area contributed by atoms with Crippen molar-refractivity contribution >= 4 is 21.8 Å². The third kappa shape index (κ3) is 3.33. The number of amides is 1. The van der Waals surface area contributed by atoms with E-state index in [2.05, 4.69) is 15.9 Å². The molecule has 1 aliphatic heterocycles. The zero-order valence-corrected chi connectivity index (χ0v) is 11.1. The minimum Gasteiger partial charge on any atom is -0.469 e. The topological polar surface area (TPSA) is 53.7 Å². The lowest BCUT2D eigenvalue weighted by Crippen LogP contribution is -2.33. The fraction of sp³-hybridized carbons (Fsp3) is 0.583. The van der Waals surface area contributed by atoms with Gasteiger partial charge in [-0.15, -0.1) is 0 Å². The first-order chi connectivity index (χ1) is 8.19. The largest absolute Gasteiger partial charge is 0.469 e. The van der Waals surface area contributed by atoms with E-state index in [1.165, 1.54) is 0 Å². The number of furan rings is 1. The molecular weight excluding hydrogens is 286 g/mol. The van der Waals surface area contributed by atoms with E-state index in [1.807, 2.05) is 17.0 Å². The smallest absolute Gasteiger partial charge is 0.223 e. The highest BCUT2D eigenvalue weighted by atomic mass is 79.9. The number of hydrogen-bond acceptors (Lipinski definition) is 3. The molecule has 2 unspecified atom stereocenters. The van der Waals surface area contributed by atoms with Gasteiger partial charge < -0.3 is 14.4 Å². The average molecular weight is 302 g/mol. The van der Waals surface area contributed by atoms with Crippen LogP contribution in [0.4, 0.5) is 0 Å². The van der Waals surface area contributed by atoms with Crippen LogP contribution in [0.5, 0.6) is 0 Å². The van der Waals surface area contributed by atoms with Crippen LogP contribution in [0.2, 0.25) is 0 Å². The molecule has 1 saturated heterocycles. The van der Waals surface area contributed by atoms with E-state index >= 15 is 0 Å². The standard InChI is InChI=1S/C12H16BrNO3/c13-10-5-12(16)14(7-10)6-9(8-15)4-11-2-1-3-17-11/h1-3,9-10,15H,4-8H2. The number of carbonyl (C=O) groups excluding carboxylic acids is 1. The molecule has 0 spiro atoms. The van der Waals surface area contributed by atoms with Gasteiger partial charge in [0.25, 0.3) is 0 Å². The Morgan fingerprint density at radius 2 is 2.47 bits per heavy atom. The molecule has 0 aromatic carbocycles. The van der Waals surface area contributed by atoms with Gasteiger partial charge >= 0.3 is 0 Å². The van der Waals surface area contributed by atoms with Crippen molar-refractivity contribution in [1.82, 2.24) is 4.90 Å². The van der Waals surface area contributed by atoms with Crippen LogP contribution >= 0.6 is 15.9 Å². The number of alkyl halides is 1.